The van der Waals surface area contributed by atoms with Gasteiger partial charge in [-0.25, -0.2) is 22.2 Å². The second kappa shape index (κ2) is 11.6. The van der Waals surface area contributed by atoms with E-state index in [9.17, 15) is 18.0 Å². The van der Waals surface area contributed by atoms with E-state index in [4.69, 9.17) is 15.2 Å². The number of hydrogen-bond donors (Lipinski definition) is 1. The second-order valence-corrected chi connectivity index (χ2v) is 10.6. The predicted octanol–water partition coefficient (Wildman–Crippen LogP) is 3.76. The van der Waals surface area contributed by atoms with Gasteiger partial charge >= 0.3 is 5.97 Å². The lowest BCUT2D eigenvalue weighted by molar-refractivity contribution is -0.137. The Morgan fingerprint density at radius 3 is 2.33 bits per heavy atom. The number of para-hydroxylation sites is 1. The Labute approximate surface area is 232 Å². The summed E-state index contributed by atoms with van der Waals surface area (Å²) in [6.45, 7) is 5.45. The molecule has 0 fully saturated rings. The fourth-order valence-electron chi connectivity index (χ4n) is 4.21. The fraction of sp³-hybridized carbons (Fsp3) is 0.138. The molecule has 4 aromatic rings. The quantitative estimate of drug-likeness (QED) is 0.134. The number of ketones is 1. The summed E-state index contributed by atoms with van der Waals surface area (Å²) in [4.78, 5) is 26.4. The number of carbonyl (C=O) groups excluding carboxylic acids is 2. The van der Waals surface area contributed by atoms with Gasteiger partial charge in [-0.05, 0) is 49.4 Å². The highest BCUT2D eigenvalue weighted by atomic mass is 32.2. The zero-order valence-corrected chi connectivity index (χ0v) is 23.0. The average Bonchev–Trinajstić information content (AvgIpc) is 3.51. The fourth-order valence-corrected chi connectivity index (χ4v) is 5.70. The number of aryl methyl sites for hydroxylation is 1. The van der Waals surface area contributed by atoms with E-state index in [-0.39, 0.29) is 16.0 Å². The van der Waals surface area contributed by atoms with Gasteiger partial charge in [0.1, 0.15) is 17.6 Å². The van der Waals surface area contributed by atoms with Crippen LogP contribution in [0.25, 0.3) is 5.69 Å². The minimum absolute atomic E-state index is 0.144. The van der Waals surface area contributed by atoms with Crippen molar-refractivity contribution >= 4 is 21.8 Å². The second-order valence-electron chi connectivity index (χ2n) is 8.75. The maximum atomic E-state index is 14.0. The smallest absolute Gasteiger partial charge is 0.354 e. The van der Waals surface area contributed by atoms with Gasteiger partial charge in [-0.15, -0.1) is 0 Å². The van der Waals surface area contributed by atoms with Crippen molar-refractivity contribution in [1.82, 2.24) is 14.1 Å². The summed E-state index contributed by atoms with van der Waals surface area (Å²) in [5, 5.41) is 4.23. The van der Waals surface area contributed by atoms with Crippen molar-refractivity contribution in [1.29, 1.82) is 0 Å². The Bertz CT molecular complexity index is 1670. The molecule has 0 amide bonds. The summed E-state index contributed by atoms with van der Waals surface area (Å²) >= 11 is 0. The van der Waals surface area contributed by atoms with Gasteiger partial charge in [-0.1, -0.05) is 42.5 Å². The van der Waals surface area contributed by atoms with Crippen LogP contribution in [0.4, 0.5) is 0 Å². The maximum Gasteiger partial charge on any atom is 0.354 e. The van der Waals surface area contributed by atoms with E-state index < -0.39 is 33.6 Å². The average molecular weight is 561 g/mol. The Balaban J connectivity index is 1.87. The number of carbonyl (C=O) groups is 2. The van der Waals surface area contributed by atoms with Crippen LogP contribution in [0.1, 0.15) is 33.2 Å². The molecular weight excluding hydrogens is 532 g/mol. The minimum atomic E-state index is -4.46. The van der Waals surface area contributed by atoms with Crippen molar-refractivity contribution in [2.45, 2.75) is 18.0 Å². The van der Waals surface area contributed by atoms with Crippen LogP contribution >= 0.6 is 0 Å². The van der Waals surface area contributed by atoms with Crippen LogP contribution < -0.4 is 10.5 Å². The Morgan fingerprint density at radius 1 is 1.00 bits per heavy atom. The highest BCUT2D eigenvalue weighted by Gasteiger charge is 2.36. The molecule has 40 heavy (non-hydrogen) atoms. The summed E-state index contributed by atoms with van der Waals surface area (Å²) in [6.07, 6.45) is 1.78. The zero-order valence-electron chi connectivity index (χ0n) is 22.1. The molecule has 11 heteroatoms. The van der Waals surface area contributed by atoms with Crippen molar-refractivity contribution < 1.29 is 27.5 Å². The van der Waals surface area contributed by atoms with E-state index >= 15 is 0 Å². The van der Waals surface area contributed by atoms with Crippen molar-refractivity contribution in [2.24, 2.45) is 5.73 Å². The number of ether oxygens (including phenoxy) is 2. The molecule has 10 nitrogen and oxygen atoms in total. The molecule has 2 N–H and O–H groups in total. The first kappa shape index (κ1) is 28.3. The van der Waals surface area contributed by atoms with Gasteiger partial charge in [0.15, 0.2) is 5.78 Å². The van der Waals surface area contributed by atoms with Gasteiger partial charge in [-0.3, -0.25) is 4.79 Å². The molecule has 0 bridgehead atoms. The van der Waals surface area contributed by atoms with Gasteiger partial charge in [0.2, 0.25) is 0 Å². The molecule has 0 radical (unpaired) electrons. The lowest BCUT2D eigenvalue weighted by atomic mass is 9.94. The number of sulfonamides is 1. The number of nitrogens with two attached hydrogens (primary N) is 1. The van der Waals surface area contributed by atoms with Crippen LogP contribution in [-0.4, -0.2) is 48.5 Å². The largest absolute Gasteiger partial charge is 0.497 e. The van der Waals surface area contributed by atoms with E-state index in [1.165, 1.54) is 31.4 Å². The Kier molecular flexibility index (Phi) is 8.17. The van der Waals surface area contributed by atoms with E-state index in [1.54, 1.807) is 72.5 Å². The van der Waals surface area contributed by atoms with Crippen LogP contribution in [0, 0.1) is 6.92 Å². The summed E-state index contributed by atoms with van der Waals surface area (Å²) in [7, 11) is -1.91. The summed E-state index contributed by atoms with van der Waals surface area (Å²) < 4.78 is 39.9. The molecule has 4 rings (SSSR count). The van der Waals surface area contributed by atoms with E-state index in [2.05, 4.69) is 11.7 Å². The topological polar surface area (TPSA) is 134 Å². The van der Waals surface area contributed by atoms with Crippen LogP contribution in [0.15, 0.2) is 102 Å². The zero-order chi connectivity index (χ0) is 29.0. The Morgan fingerprint density at radius 2 is 1.70 bits per heavy atom. The highest BCUT2D eigenvalue weighted by molar-refractivity contribution is 7.89. The summed E-state index contributed by atoms with van der Waals surface area (Å²) in [6, 6.07) is 19.1. The van der Waals surface area contributed by atoms with Gasteiger partial charge in [-0.2, -0.15) is 5.10 Å². The first-order valence-electron chi connectivity index (χ1n) is 12.1. The molecule has 1 atom stereocenters. The number of hydrogen-bond acceptors (Lipinski definition) is 8. The van der Waals surface area contributed by atoms with Gasteiger partial charge in [0, 0.05) is 29.1 Å². The van der Waals surface area contributed by atoms with E-state index in [1.807, 2.05) is 0 Å². The molecular formula is C29H28N4O6S. The number of rotatable bonds is 10. The number of esters is 1. The first-order chi connectivity index (χ1) is 19.1. The minimum Gasteiger partial charge on any atom is -0.497 e. The van der Waals surface area contributed by atoms with E-state index in [0.29, 0.717) is 26.9 Å². The highest BCUT2D eigenvalue weighted by Crippen LogP contribution is 2.33. The monoisotopic (exact) mass is 560 g/mol. The molecule has 3 aromatic carbocycles. The van der Waals surface area contributed by atoms with Crippen LogP contribution in [0.2, 0.25) is 0 Å². The lowest BCUT2D eigenvalue weighted by Gasteiger charge is -2.31. The lowest BCUT2D eigenvalue weighted by Crippen LogP contribution is -2.41. The molecule has 0 saturated carbocycles. The number of benzene rings is 3. The molecule has 0 aliphatic heterocycles. The molecule has 0 aliphatic carbocycles. The number of methoxy groups -OCH3 is 2. The van der Waals surface area contributed by atoms with Gasteiger partial charge < -0.3 is 15.2 Å². The predicted molar refractivity (Wildman–Crippen MR) is 148 cm³/mol. The van der Waals surface area contributed by atoms with Gasteiger partial charge in [0.05, 0.1) is 24.8 Å². The molecule has 1 aromatic heterocycles. The Hall–Kier alpha value is -4.74. The normalized spacial score (nSPS) is 11.9. The standard InChI is InChI=1S/C29H28N4O6S/c1-19-10-15-23(27(34)24-8-5-6-9-26(24)32-17-7-16-31-32)25(18-19)28(30)33(20(2)29(35)39-4)40(36,37)22-13-11-21(38-3)12-14-22/h5-18,28H,2,30H2,1,3-4H3. The summed E-state index contributed by atoms with van der Waals surface area (Å²) in [5.74, 6) is -0.983. The van der Waals surface area contributed by atoms with Crippen molar-refractivity contribution in [3.05, 3.63) is 120 Å². The number of nitrogens with zero attached hydrogens (tertiary/aromatic N) is 3. The SMILES string of the molecule is C=C(C(=O)OC)N(C(N)c1cc(C)ccc1C(=O)c1ccccc1-n1cccn1)S(=O)(=O)c1ccc(OC)cc1. The third-order valence-corrected chi connectivity index (χ3v) is 8.06. The third-order valence-electron chi connectivity index (χ3n) is 6.23. The molecule has 206 valence electrons. The number of aromatic nitrogens is 2. The molecule has 0 spiro atoms. The van der Waals surface area contributed by atoms with Crippen molar-refractivity contribution in [3.8, 4) is 11.4 Å². The van der Waals surface area contributed by atoms with Crippen molar-refractivity contribution in [2.75, 3.05) is 14.2 Å². The molecule has 0 saturated heterocycles. The first-order valence-corrected chi connectivity index (χ1v) is 13.5. The molecule has 1 unspecified atom stereocenters. The van der Waals surface area contributed by atoms with Crippen LogP contribution in [-0.2, 0) is 19.6 Å². The van der Waals surface area contributed by atoms with Crippen LogP contribution in [0.5, 0.6) is 5.75 Å². The molecule has 0 aliphatic rings. The van der Waals surface area contributed by atoms with Crippen LogP contribution in [0.3, 0.4) is 0 Å². The van der Waals surface area contributed by atoms with Gasteiger partial charge in [0.25, 0.3) is 10.0 Å². The summed E-state index contributed by atoms with van der Waals surface area (Å²) in [5.41, 5.74) is 7.96. The van der Waals surface area contributed by atoms with Crippen molar-refractivity contribution in [3.63, 3.8) is 0 Å². The molecule has 1 heterocycles. The maximum absolute atomic E-state index is 14.0. The third kappa shape index (κ3) is 5.37. The van der Waals surface area contributed by atoms with E-state index in [0.717, 1.165) is 7.11 Å².